The van der Waals surface area contributed by atoms with E-state index in [-0.39, 0.29) is 19.0 Å². The van der Waals surface area contributed by atoms with Gasteiger partial charge in [0.2, 0.25) is 0 Å². The Morgan fingerprint density at radius 3 is 2.57 bits per heavy atom. The lowest BCUT2D eigenvalue weighted by Crippen LogP contribution is -2.14. The van der Waals surface area contributed by atoms with Crippen LogP contribution in [0.1, 0.15) is 15.9 Å². The first-order valence-corrected chi connectivity index (χ1v) is 6.48. The topological polar surface area (TPSA) is 61.5 Å². The van der Waals surface area contributed by atoms with Gasteiger partial charge in [-0.3, -0.25) is 0 Å². The van der Waals surface area contributed by atoms with Crippen molar-refractivity contribution in [3.05, 3.63) is 59.4 Å². The van der Waals surface area contributed by atoms with Crippen molar-refractivity contribution in [1.29, 1.82) is 0 Å². The van der Waals surface area contributed by atoms with Gasteiger partial charge >= 0.3 is 5.97 Å². The molecular weight excluding hydrogens is 273 g/mol. The Bertz CT molecular complexity index is 626. The van der Waals surface area contributed by atoms with Crippen LogP contribution in [0, 0.1) is 12.7 Å². The van der Waals surface area contributed by atoms with E-state index in [2.05, 4.69) is 0 Å². The number of anilines is 1. The Labute approximate surface area is 122 Å². The van der Waals surface area contributed by atoms with Crippen molar-refractivity contribution in [3.63, 3.8) is 0 Å². The van der Waals surface area contributed by atoms with Crippen LogP contribution in [0.15, 0.2) is 42.5 Å². The van der Waals surface area contributed by atoms with Crippen LogP contribution in [0.3, 0.4) is 0 Å². The molecule has 0 aliphatic rings. The molecule has 0 aliphatic heterocycles. The quantitative estimate of drug-likeness (QED) is 0.522. The van der Waals surface area contributed by atoms with Gasteiger partial charge in [0, 0.05) is 5.69 Å². The summed E-state index contributed by atoms with van der Waals surface area (Å²) in [5.74, 6) is -0.301. The van der Waals surface area contributed by atoms with E-state index in [1.807, 2.05) is 13.0 Å². The van der Waals surface area contributed by atoms with Crippen LogP contribution in [0.5, 0.6) is 5.75 Å². The van der Waals surface area contributed by atoms with Gasteiger partial charge in [-0.05, 0) is 42.8 Å². The number of carbonyl (C=O) groups excluding carboxylic acids is 1. The van der Waals surface area contributed by atoms with E-state index in [4.69, 9.17) is 15.2 Å². The van der Waals surface area contributed by atoms with E-state index in [0.29, 0.717) is 17.0 Å². The Morgan fingerprint density at radius 1 is 1.14 bits per heavy atom. The highest BCUT2D eigenvalue weighted by molar-refractivity contribution is 5.95. The van der Waals surface area contributed by atoms with Crippen molar-refractivity contribution in [3.8, 4) is 5.75 Å². The lowest BCUT2D eigenvalue weighted by atomic mass is 10.1. The molecule has 0 radical (unpaired) electrons. The summed E-state index contributed by atoms with van der Waals surface area (Å²) in [6.07, 6.45) is 0. The van der Waals surface area contributed by atoms with Gasteiger partial charge in [-0.1, -0.05) is 12.1 Å². The summed E-state index contributed by atoms with van der Waals surface area (Å²) in [6, 6.07) is 10.8. The Kier molecular flexibility index (Phi) is 4.77. The van der Waals surface area contributed by atoms with Crippen LogP contribution < -0.4 is 10.5 Å². The first-order valence-electron chi connectivity index (χ1n) is 6.48. The number of nitrogen functional groups attached to an aromatic ring is 1. The average Bonchev–Trinajstić information content (AvgIpc) is 2.48. The third-order valence-electron chi connectivity index (χ3n) is 2.94. The fourth-order valence-corrected chi connectivity index (χ4v) is 1.76. The number of aryl methyl sites for hydroxylation is 1. The predicted molar refractivity (Wildman–Crippen MR) is 77.8 cm³/mol. The van der Waals surface area contributed by atoms with E-state index in [9.17, 15) is 9.18 Å². The first-order chi connectivity index (χ1) is 10.1. The van der Waals surface area contributed by atoms with Gasteiger partial charge in [-0.25, -0.2) is 9.18 Å². The monoisotopic (exact) mass is 289 g/mol. The lowest BCUT2D eigenvalue weighted by molar-refractivity contribution is 0.0451. The minimum Gasteiger partial charge on any atom is -0.490 e. The standard InChI is InChI=1S/C16H16FNO3/c1-11-3-2-4-14(15(11)18)16(19)21-10-9-20-13-7-5-12(17)6-8-13/h2-8H,9-10,18H2,1H3. The summed E-state index contributed by atoms with van der Waals surface area (Å²) in [6.45, 7) is 2.09. The van der Waals surface area contributed by atoms with E-state index >= 15 is 0 Å². The Morgan fingerprint density at radius 2 is 1.86 bits per heavy atom. The molecule has 0 spiro atoms. The number of hydrogen-bond donors (Lipinski definition) is 1. The largest absolute Gasteiger partial charge is 0.490 e. The Hall–Kier alpha value is -2.56. The van der Waals surface area contributed by atoms with E-state index in [0.717, 1.165) is 5.56 Å². The molecular formula is C16H16FNO3. The SMILES string of the molecule is Cc1cccc(C(=O)OCCOc2ccc(F)cc2)c1N. The summed E-state index contributed by atoms with van der Waals surface area (Å²) in [5.41, 5.74) is 7.41. The van der Waals surface area contributed by atoms with Crippen molar-refractivity contribution in [2.45, 2.75) is 6.92 Å². The molecule has 5 heteroatoms. The summed E-state index contributed by atoms with van der Waals surface area (Å²) in [4.78, 5) is 11.9. The van der Waals surface area contributed by atoms with E-state index < -0.39 is 5.97 Å². The highest BCUT2D eigenvalue weighted by Gasteiger charge is 2.12. The summed E-state index contributed by atoms with van der Waals surface area (Å²) >= 11 is 0. The zero-order chi connectivity index (χ0) is 15.2. The average molecular weight is 289 g/mol. The van der Waals surface area contributed by atoms with Crippen molar-refractivity contribution in [2.75, 3.05) is 18.9 Å². The molecule has 2 N–H and O–H groups in total. The molecule has 2 aromatic rings. The normalized spacial score (nSPS) is 10.2. The number of benzene rings is 2. The van der Waals surface area contributed by atoms with Crippen LogP contribution in [0.2, 0.25) is 0 Å². The van der Waals surface area contributed by atoms with Crippen molar-refractivity contribution < 1.29 is 18.7 Å². The smallest absolute Gasteiger partial charge is 0.340 e. The number of halogens is 1. The number of carbonyl (C=O) groups is 1. The van der Waals surface area contributed by atoms with Crippen LogP contribution >= 0.6 is 0 Å². The number of hydrogen-bond acceptors (Lipinski definition) is 4. The number of esters is 1. The summed E-state index contributed by atoms with van der Waals surface area (Å²) in [5, 5.41) is 0. The third-order valence-corrected chi connectivity index (χ3v) is 2.94. The number of ether oxygens (including phenoxy) is 2. The van der Waals surface area contributed by atoms with Crippen LogP contribution in [-0.2, 0) is 4.74 Å². The number of para-hydroxylation sites is 1. The number of nitrogens with two attached hydrogens (primary N) is 1. The zero-order valence-corrected chi connectivity index (χ0v) is 11.6. The van der Waals surface area contributed by atoms with Crippen LogP contribution in [0.25, 0.3) is 0 Å². The van der Waals surface area contributed by atoms with Gasteiger partial charge in [-0.2, -0.15) is 0 Å². The molecule has 2 aromatic carbocycles. The minimum absolute atomic E-state index is 0.0869. The first kappa shape index (κ1) is 14.8. The van der Waals surface area contributed by atoms with Crippen molar-refractivity contribution in [1.82, 2.24) is 0 Å². The van der Waals surface area contributed by atoms with Gasteiger partial charge < -0.3 is 15.2 Å². The zero-order valence-electron chi connectivity index (χ0n) is 11.6. The molecule has 0 amide bonds. The van der Waals surface area contributed by atoms with Crippen LogP contribution in [-0.4, -0.2) is 19.2 Å². The molecule has 21 heavy (non-hydrogen) atoms. The van der Waals surface area contributed by atoms with Gasteiger partial charge in [0.1, 0.15) is 24.8 Å². The highest BCUT2D eigenvalue weighted by atomic mass is 19.1. The van der Waals surface area contributed by atoms with Gasteiger partial charge in [0.15, 0.2) is 0 Å². The molecule has 0 atom stereocenters. The summed E-state index contributed by atoms with van der Waals surface area (Å²) in [7, 11) is 0. The molecule has 0 fully saturated rings. The second-order valence-corrected chi connectivity index (χ2v) is 4.47. The maximum atomic E-state index is 12.7. The Balaban J connectivity index is 1.82. The minimum atomic E-state index is -0.487. The maximum absolute atomic E-state index is 12.7. The molecule has 2 rings (SSSR count). The molecule has 0 saturated heterocycles. The molecule has 110 valence electrons. The second kappa shape index (κ2) is 6.74. The molecule has 0 saturated carbocycles. The second-order valence-electron chi connectivity index (χ2n) is 4.47. The molecule has 0 bridgehead atoms. The van der Waals surface area contributed by atoms with Gasteiger partial charge in [0.25, 0.3) is 0 Å². The third kappa shape index (κ3) is 3.95. The highest BCUT2D eigenvalue weighted by Crippen LogP contribution is 2.17. The maximum Gasteiger partial charge on any atom is 0.340 e. The fraction of sp³-hybridized carbons (Fsp3) is 0.188. The molecule has 0 aromatic heterocycles. The van der Waals surface area contributed by atoms with Gasteiger partial charge in [0.05, 0.1) is 5.56 Å². The fourth-order valence-electron chi connectivity index (χ4n) is 1.76. The van der Waals surface area contributed by atoms with E-state index in [1.165, 1.54) is 24.3 Å². The van der Waals surface area contributed by atoms with Crippen LogP contribution in [0.4, 0.5) is 10.1 Å². The van der Waals surface area contributed by atoms with Gasteiger partial charge in [-0.15, -0.1) is 0 Å². The molecule has 4 nitrogen and oxygen atoms in total. The van der Waals surface area contributed by atoms with Crippen molar-refractivity contribution >= 4 is 11.7 Å². The van der Waals surface area contributed by atoms with Crippen molar-refractivity contribution in [2.24, 2.45) is 0 Å². The predicted octanol–water partition coefficient (Wildman–Crippen LogP) is 2.95. The summed E-state index contributed by atoms with van der Waals surface area (Å²) < 4.78 is 23.1. The molecule has 0 aliphatic carbocycles. The lowest BCUT2D eigenvalue weighted by Gasteiger charge is -2.09. The molecule has 0 heterocycles. The molecule has 0 unspecified atom stereocenters. The van der Waals surface area contributed by atoms with E-state index in [1.54, 1.807) is 12.1 Å². The number of rotatable bonds is 5.